The molecule has 106 valence electrons. The summed E-state index contributed by atoms with van der Waals surface area (Å²) >= 11 is 3.29. The number of pyridine rings is 1. The molecule has 0 unspecified atom stereocenters. The maximum atomic E-state index is 12.2. The molecular formula is C13H14BrN3O3. The van der Waals surface area contributed by atoms with Gasteiger partial charge in [-0.05, 0) is 34.0 Å². The standard InChI is InChI=1S/C13H14BrN3O3/c1-16-7-9(6-15-16)3-4-17-8-10(14)5-11(12(17)18)13(19)20-2/h5-8H,3-4H2,1-2H3. The summed E-state index contributed by atoms with van der Waals surface area (Å²) in [5.41, 5.74) is 0.691. The number of esters is 1. The van der Waals surface area contributed by atoms with Crippen LogP contribution in [-0.4, -0.2) is 27.4 Å². The number of rotatable bonds is 4. The Morgan fingerprint density at radius 3 is 2.80 bits per heavy atom. The van der Waals surface area contributed by atoms with Crippen LogP contribution in [0.15, 0.2) is 33.9 Å². The minimum atomic E-state index is -0.633. The first-order valence-corrected chi connectivity index (χ1v) is 6.76. The molecule has 0 spiro atoms. The van der Waals surface area contributed by atoms with Gasteiger partial charge in [-0.3, -0.25) is 9.48 Å². The van der Waals surface area contributed by atoms with Crippen LogP contribution in [0.25, 0.3) is 0 Å². The summed E-state index contributed by atoms with van der Waals surface area (Å²) in [6.45, 7) is 0.466. The molecule has 0 N–H and O–H groups in total. The molecule has 0 aliphatic carbocycles. The Labute approximate surface area is 124 Å². The van der Waals surface area contributed by atoms with Crippen molar-refractivity contribution in [3.63, 3.8) is 0 Å². The molecular weight excluding hydrogens is 326 g/mol. The molecule has 0 aliphatic heterocycles. The van der Waals surface area contributed by atoms with Gasteiger partial charge < -0.3 is 9.30 Å². The van der Waals surface area contributed by atoms with Gasteiger partial charge >= 0.3 is 5.97 Å². The van der Waals surface area contributed by atoms with Crippen molar-refractivity contribution in [3.05, 3.63) is 50.6 Å². The molecule has 0 radical (unpaired) electrons. The molecule has 0 atom stereocenters. The van der Waals surface area contributed by atoms with Gasteiger partial charge in [0, 0.05) is 30.5 Å². The minimum Gasteiger partial charge on any atom is -0.465 e. The summed E-state index contributed by atoms with van der Waals surface area (Å²) in [4.78, 5) is 23.7. The number of hydrogen-bond acceptors (Lipinski definition) is 4. The van der Waals surface area contributed by atoms with E-state index in [0.29, 0.717) is 17.4 Å². The zero-order valence-corrected chi connectivity index (χ0v) is 12.8. The summed E-state index contributed by atoms with van der Waals surface area (Å²) in [6, 6.07) is 1.47. The van der Waals surface area contributed by atoms with Gasteiger partial charge in [0.05, 0.1) is 13.3 Å². The van der Waals surface area contributed by atoms with Crippen molar-refractivity contribution in [1.82, 2.24) is 14.3 Å². The zero-order valence-electron chi connectivity index (χ0n) is 11.2. The van der Waals surface area contributed by atoms with Crippen molar-refractivity contribution in [2.45, 2.75) is 13.0 Å². The number of carbonyl (C=O) groups excluding carboxylic acids is 1. The quantitative estimate of drug-likeness (QED) is 0.789. The van der Waals surface area contributed by atoms with Crippen LogP contribution in [0.2, 0.25) is 0 Å². The fraction of sp³-hybridized carbons (Fsp3) is 0.308. The normalized spacial score (nSPS) is 10.6. The van der Waals surface area contributed by atoms with Gasteiger partial charge in [-0.2, -0.15) is 5.10 Å². The predicted molar refractivity (Wildman–Crippen MR) is 76.7 cm³/mol. The van der Waals surface area contributed by atoms with E-state index in [9.17, 15) is 9.59 Å². The van der Waals surface area contributed by atoms with Crippen molar-refractivity contribution in [1.29, 1.82) is 0 Å². The highest BCUT2D eigenvalue weighted by molar-refractivity contribution is 9.10. The summed E-state index contributed by atoms with van der Waals surface area (Å²) < 4.78 is 8.46. The topological polar surface area (TPSA) is 66.1 Å². The largest absolute Gasteiger partial charge is 0.465 e. The molecule has 0 fully saturated rings. The minimum absolute atomic E-state index is 0.0214. The average Bonchev–Trinajstić information content (AvgIpc) is 2.84. The first-order chi connectivity index (χ1) is 9.51. The maximum Gasteiger partial charge on any atom is 0.343 e. The predicted octanol–water partition coefficient (Wildman–Crippen LogP) is 1.37. The third-order valence-corrected chi connectivity index (χ3v) is 3.29. The van der Waals surface area contributed by atoms with E-state index in [1.807, 2.05) is 13.2 Å². The Balaban J connectivity index is 2.25. The van der Waals surface area contributed by atoms with Crippen LogP contribution in [0, 0.1) is 0 Å². The second-order valence-corrected chi connectivity index (χ2v) is 5.25. The molecule has 0 saturated heterocycles. The monoisotopic (exact) mass is 339 g/mol. The summed E-state index contributed by atoms with van der Waals surface area (Å²) in [5.74, 6) is -0.633. The number of nitrogens with zero attached hydrogens (tertiary/aromatic N) is 3. The molecule has 20 heavy (non-hydrogen) atoms. The first kappa shape index (κ1) is 14.5. The molecule has 2 rings (SSSR count). The number of methoxy groups -OCH3 is 1. The number of aromatic nitrogens is 3. The van der Waals surface area contributed by atoms with E-state index in [-0.39, 0.29) is 11.1 Å². The van der Waals surface area contributed by atoms with Crippen LogP contribution in [0.4, 0.5) is 0 Å². The highest BCUT2D eigenvalue weighted by Crippen LogP contribution is 2.10. The van der Waals surface area contributed by atoms with Gasteiger partial charge in [-0.25, -0.2) is 4.79 Å². The number of halogens is 1. The molecule has 2 heterocycles. The van der Waals surface area contributed by atoms with Crippen molar-refractivity contribution in [3.8, 4) is 0 Å². The van der Waals surface area contributed by atoms with Crippen molar-refractivity contribution in [2.75, 3.05) is 7.11 Å². The molecule has 2 aromatic rings. The Kier molecular flexibility index (Phi) is 4.39. The fourth-order valence-electron chi connectivity index (χ4n) is 1.87. The summed E-state index contributed by atoms with van der Waals surface area (Å²) in [6.07, 6.45) is 5.96. The van der Waals surface area contributed by atoms with E-state index >= 15 is 0 Å². The van der Waals surface area contributed by atoms with E-state index < -0.39 is 5.97 Å². The van der Waals surface area contributed by atoms with Crippen LogP contribution >= 0.6 is 15.9 Å². The van der Waals surface area contributed by atoms with Gasteiger partial charge in [-0.15, -0.1) is 0 Å². The van der Waals surface area contributed by atoms with Crippen molar-refractivity contribution < 1.29 is 9.53 Å². The first-order valence-electron chi connectivity index (χ1n) is 5.97. The van der Waals surface area contributed by atoms with Gasteiger partial charge in [0.25, 0.3) is 5.56 Å². The van der Waals surface area contributed by atoms with Crippen molar-refractivity contribution >= 4 is 21.9 Å². The third-order valence-electron chi connectivity index (χ3n) is 2.86. The molecule has 0 aliphatic rings. The number of ether oxygens (including phenoxy) is 1. The lowest BCUT2D eigenvalue weighted by Crippen LogP contribution is -2.27. The highest BCUT2D eigenvalue weighted by atomic mass is 79.9. The fourth-order valence-corrected chi connectivity index (χ4v) is 2.35. The number of carbonyl (C=O) groups is 1. The SMILES string of the molecule is COC(=O)c1cc(Br)cn(CCc2cnn(C)c2)c1=O. The lowest BCUT2D eigenvalue weighted by atomic mass is 10.2. The van der Waals surface area contributed by atoms with Gasteiger partial charge in [0.2, 0.25) is 0 Å². The molecule has 6 nitrogen and oxygen atoms in total. The number of aryl methyl sites for hydroxylation is 3. The van der Waals surface area contributed by atoms with E-state index in [2.05, 4.69) is 25.8 Å². The maximum absolute atomic E-state index is 12.2. The van der Waals surface area contributed by atoms with Crippen LogP contribution in [0.5, 0.6) is 0 Å². The van der Waals surface area contributed by atoms with Crippen LogP contribution in [-0.2, 0) is 24.8 Å². The Hall–Kier alpha value is -1.89. The summed E-state index contributed by atoms with van der Waals surface area (Å²) in [7, 11) is 3.09. The zero-order chi connectivity index (χ0) is 14.7. The number of hydrogen-bond donors (Lipinski definition) is 0. The van der Waals surface area contributed by atoms with E-state index in [0.717, 1.165) is 5.56 Å². The second kappa shape index (κ2) is 6.04. The Morgan fingerprint density at radius 1 is 1.45 bits per heavy atom. The Bertz CT molecular complexity index is 690. The van der Waals surface area contributed by atoms with E-state index in [4.69, 9.17) is 0 Å². The smallest absolute Gasteiger partial charge is 0.343 e. The van der Waals surface area contributed by atoms with E-state index in [1.54, 1.807) is 17.1 Å². The second-order valence-electron chi connectivity index (χ2n) is 4.33. The molecule has 0 aromatic carbocycles. The van der Waals surface area contributed by atoms with Crippen LogP contribution in [0.1, 0.15) is 15.9 Å². The van der Waals surface area contributed by atoms with Gasteiger partial charge in [0.15, 0.2) is 0 Å². The van der Waals surface area contributed by atoms with Crippen LogP contribution in [0.3, 0.4) is 0 Å². The lowest BCUT2D eigenvalue weighted by Gasteiger charge is -2.08. The highest BCUT2D eigenvalue weighted by Gasteiger charge is 2.14. The summed E-state index contributed by atoms with van der Waals surface area (Å²) in [5, 5.41) is 4.07. The van der Waals surface area contributed by atoms with Gasteiger partial charge in [0.1, 0.15) is 5.56 Å². The molecule has 0 bridgehead atoms. The molecule has 2 aromatic heterocycles. The van der Waals surface area contributed by atoms with Gasteiger partial charge in [-0.1, -0.05) is 0 Å². The third kappa shape index (κ3) is 3.16. The molecule has 7 heteroatoms. The average molecular weight is 340 g/mol. The van der Waals surface area contributed by atoms with Crippen molar-refractivity contribution in [2.24, 2.45) is 7.05 Å². The molecule has 0 amide bonds. The lowest BCUT2D eigenvalue weighted by molar-refractivity contribution is 0.0598. The van der Waals surface area contributed by atoms with Crippen LogP contribution < -0.4 is 5.56 Å². The molecule has 0 saturated carbocycles. The Morgan fingerprint density at radius 2 is 2.20 bits per heavy atom. The van der Waals surface area contributed by atoms with E-state index in [1.165, 1.54) is 17.7 Å².